The summed E-state index contributed by atoms with van der Waals surface area (Å²) in [5.74, 6) is 1.32. The Hall–Kier alpha value is -2.52. The molecule has 140 valence electrons. The molecule has 1 amide bonds. The molecule has 1 aliphatic heterocycles. The van der Waals surface area contributed by atoms with Gasteiger partial charge < -0.3 is 14.5 Å². The maximum atomic E-state index is 13.0. The minimum atomic E-state index is 0.0582. The van der Waals surface area contributed by atoms with Gasteiger partial charge in [-0.3, -0.25) is 9.78 Å². The number of ether oxygens (including phenoxy) is 1. The lowest BCUT2D eigenvalue weighted by atomic mass is 10.2. The SMILES string of the molecule is COc1cncc(N2CCN(C(=O)c3sc(-c4ccsc4)nc3C)CC2)n1. The quantitative estimate of drug-likeness (QED) is 0.669. The van der Waals surface area contributed by atoms with Crippen LogP contribution in [0.4, 0.5) is 5.82 Å². The number of anilines is 1. The van der Waals surface area contributed by atoms with E-state index in [9.17, 15) is 4.79 Å². The molecular formula is C18H19N5O2S2. The lowest BCUT2D eigenvalue weighted by Crippen LogP contribution is -2.49. The lowest BCUT2D eigenvalue weighted by molar-refractivity contribution is 0.0750. The largest absolute Gasteiger partial charge is 0.480 e. The molecule has 0 atom stereocenters. The summed E-state index contributed by atoms with van der Waals surface area (Å²) in [6.45, 7) is 4.61. The Morgan fingerprint density at radius 3 is 2.70 bits per heavy atom. The number of thiazole rings is 1. The maximum Gasteiger partial charge on any atom is 0.265 e. The smallest absolute Gasteiger partial charge is 0.265 e. The van der Waals surface area contributed by atoms with E-state index in [2.05, 4.69) is 25.2 Å². The molecule has 27 heavy (non-hydrogen) atoms. The summed E-state index contributed by atoms with van der Waals surface area (Å²) in [7, 11) is 1.58. The molecule has 4 rings (SSSR count). The Bertz CT molecular complexity index is 933. The van der Waals surface area contributed by atoms with Gasteiger partial charge in [-0.2, -0.15) is 16.3 Å². The first-order valence-electron chi connectivity index (χ1n) is 8.56. The molecule has 0 spiro atoms. The number of amides is 1. The van der Waals surface area contributed by atoms with E-state index in [-0.39, 0.29) is 5.91 Å². The van der Waals surface area contributed by atoms with Gasteiger partial charge in [-0.15, -0.1) is 11.3 Å². The molecule has 1 saturated heterocycles. The van der Waals surface area contributed by atoms with E-state index in [1.807, 2.05) is 23.3 Å². The van der Waals surface area contributed by atoms with Crippen molar-refractivity contribution in [2.75, 3.05) is 38.2 Å². The molecule has 0 bridgehead atoms. The Morgan fingerprint density at radius 2 is 2.00 bits per heavy atom. The van der Waals surface area contributed by atoms with Crippen molar-refractivity contribution >= 4 is 34.4 Å². The average molecular weight is 402 g/mol. The highest BCUT2D eigenvalue weighted by atomic mass is 32.1. The Kier molecular flexibility index (Phi) is 5.04. The van der Waals surface area contributed by atoms with Crippen molar-refractivity contribution < 1.29 is 9.53 Å². The molecular weight excluding hydrogens is 382 g/mol. The van der Waals surface area contributed by atoms with E-state index in [0.717, 1.165) is 27.0 Å². The third-order valence-corrected chi connectivity index (χ3v) is 6.34. The second-order valence-electron chi connectivity index (χ2n) is 6.14. The van der Waals surface area contributed by atoms with Gasteiger partial charge in [0.15, 0.2) is 5.82 Å². The highest BCUT2D eigenvalue weighted by molar-refractivity contribution is 7.17. The van der Waals surface area contributed by atoms with Gasteiger partial charge in [0.1, 0.15) is 9.88 Å². The fourth-order valence-corrected chi connectivity index (χ4v) is 4.72. The number of hydrogen-bond acceptors (Lipinski definition) is 8. The van der Waals surface area contributed by atoms with Crippen LogP contribution >= 0.6 is 22.7 Å². The van der Waals surface area contributed by atoms with Crippen LogP contribution in [0.3, 0.4) is 0 Å². The number of nitrogens with zero attached hydrogens (tertiary/aromatic N) is 5. The standard InChI is InChI=1S/C18H19N5O2S2/c1-12-16(27-17(20-12)13-3-8-26-11-13)18(24)23-6-4-22(5-7-23)14-9-19-10-15(21-14)25-2/h3,8-11H,4-7H2,1-2H3. The number of aryl methyl sites for hydroxylation is 1. The summed E-state index contributed by atoms with van der Waals surface area (Å²) in [4.78, 5) is 30.9. The first-order valence-corrected chi connectivity index (χ1v) is 10.3. The predicted octanol–water partition coefficient (Wildman–Crippen LogP) is 2.94. The van der Waals surface area contributed by atoms with Crippen molar-refractivity contribution in [2.24, 2.45) is 0 Å². The van der Waals surface area contributed by atoms with Crippen LogP contribution < -0.4 is 9.64 Å². The number of carbonyl (C=O) groups is 1. The highest BCUT2D eigenvalue weighted by Crippen LogP contribution is 2.30. The number of methoxy groups -OCH3 is 1. The minimum Gasteiger partial charge on any atom is -0.480 e. The molecule has 1 aliphatic rings. The molecule has 1 fully saturated rings. The molecule has 0 saturated carbocycles. The third kappa shape index (κ3) is 3.65. The first-order chi connectivity index (χ1) is 13.2. The van der Waals surface area contributed by atoms with Crippen LogP contribution in [0.25, 0.3) is 10.6 Å². The summed E-state index contributed by atoms with van der Waals surface area (Å²) in [5.41, 5.74) is 1.88. The molecule has 7 nitrogen and oxygen atoms in total. The zero-order chi connectivity index (χ0) is 18.8. The molecule has 0 aromatic carbocycles. The molecule has 0 N–H and O–H groups in total. The summed E-state index contributed by atoms with van der Waals surface area (Å²) < 4.78 is 5.14. The van der Waals surface area contributed by atoms with Crippen LogP contribution in [0, 0.1) is 6.92 Å². The van der Waals surface area contributed by atoms with Gasteiger partial charge in [-0.25, -0.2) is 4.98 Å². The van der Waals surface area contributed by atoms with Crippen molar-refractivity contribution in [3.05, 3.63) is 39.8 Å². The maximum absolute atomic E-state index is 13.0. The predicted molar refractivity (Wildman–Crippen MR) is 107 cm³/mol. The van der Waals surface area contributed by atoms with Crippen LogP contribution in [0.15, 0.2) is 29.2 Å². The van der Waals surface area contributed by atoms with Gasteiger partial charge in [-0.1, -0.05) is 0 Å². The van der Waals surface area contributed by atoms with Gasteiger partial charge in [0.05, 0.1) is 25.2 Å². The van der Waals surface area contributed by atoms with E-state index in [0.29, 0.717) is 32.1 Å². The van der Waals surface area contributed by atoms with Crippen LogP contribution in [0.1, 0.15) is 15.4 Å². The second kappa shape index (κ2) is 7.61. The van der Waals surface area contributed by atoms with Crippen molar-refractivity contribution in [3.63, 3.8) is 0 Å². The van der Waals surface area contributed by atoms with E-state index in [1.165, 1.54) is 11.3 Å². The molecule has 0 aliphatic carbocycles. The van der Waals surface area contributed by atoms with Crippen LogP contribution in [0.2, 0.25) is 0 Å². The van der Waals surface area contributed by atoms with Crippen molar-refractivity contribution in [3.8, 4) is 16.5 Å². The van der Waals surface area contributed by atoms with Gasteiger partial charge >= 0.3 is 0 Å². The fourth-order valence-electron chi connectivity index (χ4n) is 2.98. The molecule has 4 heterocycles. The molecule has 9 heteroatoms. The van der Waals surface area contributed by atoms with Gasteiger partial charge in [0, 0.05) is 37.1 Å². The fraction of sp³-hybridized carbons (Fsp3) is 0.333. The Balaban J connectivity index is 1.44. The molecule has 0 radical (unpaired) electrons. The summed E-state index contributed by atoms with van der Waals surface area (Å²) >= 11 is 3.11. The summed E-state index contributed by atoms with van der Waals surface area (Å²) in [6.07, 6.45) is 3.31. The molecule has 3 aromatic rings. The Labute approximate surface area is 165 Å². The number of carbonyl (C=O) groups excluding carboxylic acids is 1. The minimum absolute atomic E-state index is 0.0582. The first kappa shape index (κ1) is 17.9. The van der Waals surface area contributed by atoms with Gasteiger partial charge in [0.25, 0.3) is 5.91 Å². The van der Waals surface area contributed by atoms with Crippen LogP contribution in [-0.2, 0) is 0 Å². The topological polar surface area (TPSA) is 71.5 Å². The lowest BCUT2D eigenvalue weighted by Gasteiger charge is -2.35. The summed E-state index contributed by atoms with van der Waals surface area (Å²) in [5, 5.41) is 4.98. The van der Waals surface area contributed by atoms with E-state index in [1.54, 1.807) is 30.8 Å². The molecule has 0 unspecified atom stereocenters. The number of piperazine rings is 1. The second-order valence-corrected chi connectivity index (χ2v) is 7.92. The van der Waals surface area contributed by atoms with Gasteiger partial charge in [0.2, 0.25) is 5.88 Å². The van der Waals surface area contributed by atoms with Crippen molar-refractivity contribution in [1.82, 2.24) is 19.9 Å². The summed E-state index contributed by atoms with van der Waals surface area (Å²) in [6, 6.07) is 2.03. The number of rotatable bonds is 4. The van der Waals surface area contributed by atoms with E-state index < -0.39 is 0 Å². The van der Waals surface area contributed by atoms with Crippen LogP contribution in [-0.4, -0.2) is 59.0 Å². The van der Waals surface area contributed by atoms with Crippen molar-refractivity contribution in [2.45, 2.75) is 6.92 Å². The third-order valence-electron chi connectivity index (χ3n) is 4.46. The zero-order valence-corrected chi connectivity index (χ0v) is 16.7. The number of thiophene rings is 1. The molecule has 3 aromatic heterocycles. The number of hydrogen-bond donors (Lipinski definition) is 0. The highest BCUT2D eigenvalue weighted by Gasteiger charge is 2.26. The average Bonchev–Trinajstić information content (AvgIpc) is 3.37. The Morgan fingerprint density at radius 1 is 1.19 bits per heavy atom. The van der Waals surface area contributed by atoms with Crippen LogP contribution in [0.5, 0.6) is 5.88 Å². The monoisotopic (exact) mass is 401 g/mol. The van der Waals surface area contributed by atoms with Crippen molar-refractivity contribution in [1.29, 1.82) is 0 Å². The van der Waals surface area contributed by atoms with E-state index in [4.69, 9.17) is 4.74 Å². The zero-order valence-electron chi connectivity index (χ0n) is 15.1. The number of aromatic nitrogens is 3. The van der Waals surface area contributed by atoms with E-state index >= 15 is 0 Å². The normalized spacial score (nSPS) is 14.4. The van der Waals surface area contributed by atoms with Gasteiger partial charge in [-0.05, 0) is 18.4 Å².